The van der Waals surface area contributed by atoms with E-state index in [-0.39, 0.29) is 5.56 Å². The molecule has 5 heteroatoms. The standard InChI is InChI=1S/C12H7Cl2NO2/c13-7-3-4-8(9(6-7)12(16)17)11-10(14)2-1-5-15-11/h1-6H,(H,16,17). The van der Waals surface area contributed by atoms with E-state index in [0.29, 0.717) is 21.3 Å². The molecular weight excluding hydrogens is 261 g/mol. The van der Waals surface area contributed by atoms with Crippen LogP contribution in [0.1, 0.15) is 10.4 Å². The van der Waals surface area contributed by atoms with Crippen LogP contribution >= 0.6 is 23.2 Å². The highest BCUT2D eigenvalue weighted by Crippen LogP contribution is 2.29. The van der Waals surface area contributed by atoms with Gasteiger partial charge in [-0.15, -0.1) is 0 Å². The summed E-state index contributed by atoms with van der Waals surface area (Å²) in [4.78, 5) is 15.2. The molecule has 0 aliphatic carbocycles. The summed E-state index contributed by atoms with van der Waals surface area (Å²) in [6.07, 6.45) is 1.56. The molecule has 0 aliphatic rings. The fourth-order valence-corrected chi connectivity index (χ4v) is 1.88. The van der Waals surface area contributed by atoms with E-state index in [1.54, 1.807) is 30.5 Å². The van der Waals surface area contributed by atoms with Gasteiger partial charge in [0.1, 0.15) is 0 Å². The molecule has 1 heterocycles. The van der Waals surface area contributed by atoms with Gasteiger partial charge in [-0.1, -0.05) is 29.3 Å². The average Bonchev–Trinajstić information content (AvgIpc) is 2.30. The first-order chi connectivity index (χ1) is 8.09. The zero-order valence-electron chi connectivity index (χ0n) is 8.52. The van der Waals surface area contributed by atoms with E-state index in [1.165, 1.54) is 6.07 Å². The summed E-state index contributed by atoms with van der Waals surface area (Å²) in [5, 5.41) is 9.87. The number of hydrogen-bond acceptors (Lipinski definition) is 2. The minimum absolute atomic E-state index is 0.0816. The molecule has 1 aromatic carbocycles. The molecule has 86 valence electrons. The maximum Gasteiger partial charge on any atom is 0.336 e. The fourth-order valence-electron chi connectivity index (χ4n) is 1.48. The van der Waals surface area contributed by atoms with Gasteiger partial charge in [0.05, 0.1) is 16.3 Å². The van der Waals surface area contributed by atoms with E-state index in [9.17, 15) is 4.79 Å². The van der Waals surface area contributed by atoms with Gasteiger partial charge >= 0.3 is 5.97 Å². The Morgan fingerprint density at radius 1 is 1.24 bits per heavy atom. The zero-order chi connectivity index (χ0) is 12.4. The van der Waals surface area contributed by atoms with E-state index >= 15 is 0 Å². The van der Waals surface area contributed by atoms with Gasteiger partial charge < -0.3 is 5.11 Å². The highest BCUT2D eigenvalue weighted by molar-refractivity contribution is 6.33. The van der Waals surface area contributed by atoms with Crippen LogP contribution in [0.15, 0.2) is 36.5 Å². The van der Waals surface area contributed by atoms with Crippen molar-refractivity contribution < 1.29 is 9.90 Å². The van der Waals surface area contributed by atoms with Crippen LogP contribution < -0.4 is 0 Å². The van der Waals surface area contributed by atoms with Crippen LogP contribution in [0.3, 0.4) is 0 Å². The van der Waals surface area contributed by atoms with Crippen LogP contribution in [0, 0.1) is 0 Å². The van der Waals surface area contributed by atoms with Crippen LogP contribution in [0.5, 0.6) is 0 Å². The van der Waals surface area contributed by atoms with Crippen molar-refractivity contribution in [2.45, 2.75) is 0 Å². The first kappa shape index (κ1) is 11.9. The van der Waals surface area contributed by atoms with Gasteiger partial charge in [-0.25, -0.2) is 4.79 Å². The number of pyridine rings is 1. The summed E-state index contributed by atoms with van der Waals surface area (Å²) in [6.45, 7) is 0. The van der Waals surface area contributed by atoms with Crippen molar-refractivity contribution in [3.05, 3.63) is 52.1 Å². The SMILES string of the molecule is O=C(O)c1cc(Cl)ccc1-c1ncccc1Cl. The molecule has 0 fully saturated rings. The quantitative estimate of drug-likeness (QED) is 0.902. The molecule has 0 amide bonds. The van der Waals surface area contributed by atoms with Gasteiger partial charge in [0.2, 0.25) is 0 Å². The zero-order valence-corrected chi connectivity index (χ0v) is 10.0. The molecule has 1 aromatic heterocycles. The summed E-state index contributed by atoms with van der Waals surface area (Å²) < 4.78 is 0. The van der Waals surface area contributed by atoms with Gasteiger partial charge in [0, 0.05) is 16.8 Å². The molecule has 0 saturated carbocycles. The van der Waals surface area contributed by atoms with Crippen LogP contribution in [-0.4, -0.2) is 16.1 Å². The molecule has 0 bridgehead atoms. The Morgan fingerprint density at radius 3 is 2.65 bits per heavy atom. The Kier molecular flexibility index (Phi) is 3.31. The number of carboxylic acid groups (broad SMARTS) is 1. The first-order valence-electron chi connectivity index (χ1n) is 4.73. The number of aromatic carboxylic acids is 1. The van der Waals surface area contributed by atoms with E-state index in [2.05, 4.69) is 4.98 Å². The van der Waals surface area contributed by atoms with Gasteiger partial charge in [-0.2, -0.15) is 0 Å². The average molecular weight is 268 g/mol. The predicted octanol–water partition coefficient (Wildman–Crippen LogP) is 3.75. The Balaban J connectivity index is 2.68. The van der Waals surface area contributed by atoms with Gasteiger partial charge in [0.15, 0.2) is 0 Å². The molecule has 0 spiro atoms. The Bertz CT molecular complexity index is 584. The third-order valence-corrected chi connectivity index (χ3v) is 2.77. The lowest BCUT2D eigenvalue weighted by Crippen LogP contribution is -2.00. The van der Waals surface area contributed by atoms with Crippen LogP contribution in [0.25, 0.3) is 11.3 Å². The van der Waals surface area contributed by atoms with Crippen LogP contribution in [0.2, 0.25) is 10.0 Å². The van der Waals surface area contributed by atoms with E-state index in [1.807, 2.05) is 0 Å². The van der Waals surface area contributed by atoms with E-state index in [0.717, 1.165) is 0 Å². The Labute approximate surface area is 108 Å². The second kappa shape index (κ2) is 4.73. The number of aromatic nitrogens is 1. The van der Waals surface area contributed by atoms with Crippen molar-refractivity contribution in [1.29, 1.82) is 0 Å². The Hall–Kier alpha value is -1.58. The lowest BCUT2D eigenvalue weighted by Gasteiger charge is -2.07. The maximum absolute atomic E-state index is 11.1. The summed E-state index contributed by atoms with van der Waals surface area (Å²) in [7, 11) is 0. The number of carbonyl (C=O) groups is 1. The van der Waals surface area contributed by atoms with Crippen molar-refractivity contribution in [3.63, 3.8) is 0 Å². The monoisotopic (exact) mass is 267 g/mol. The molecule has 0 radical (unpaired) electrons. The molecule has 2 aromatic rings. The fraction of sp³-hybridized carbons (Fsp3) is 0. The summed E-state index contributed by atoms with van der Waals surface area (Å²) in [6, 6.07) is 7.92. The van der Waals surface area contributed by atoms with Gasteiger partial charge in [-0.05, 0) is 24.3 Å². The molecular formula is C12H7Cl2NO2. The second-order valence-corrected chi connectivity index (χ2v) is 4.17. The number of hydrogen-bond donors (Lipinski definition) is 1. The topological polar surface area (TPSA) is 50.2 Å². The maximum atomic E-state index is 11.1. The molecule has 3 nitrogen and oxygen atoms in total. The highest BCUT2D eigenvalue weighted by Gasteiger charge is 2.15. The minimum Gasteiger partial charge on any atom is -0.478 e. The largest absolute Gasteiger partial charge is 0.478 e. The normalized spacial score (nSPS) is 10.2. The lowest BCUT2D eigenvalue weighted by atomic mass is 10.0. The molecule has 0 atom stereocenters. The van der Waals surface area contributed by atoms with Crippen molar-refractivity contribution >= 4 is 29.2 Å². The van der Waals surface area contributed by atoms with E-state index < -0.39 is 5.97 Å². The highest BCUT2D eigenvalue weighted by atomic mass is 35.5. The second-order valence-electron chi connectivity index (χ2n) is 3.33. The molecule has 0 aliphatic heterocycles. The third kappa shape index (κ3) is 2.40. The number of halogens is 2. The molecule has 0 saturated heterocycles. The van der Waals surface area contributed by atoms with Crippen LogP contribution in [-0.2, 0) is 0 Å². The van der Waals surface area contributed by atoms with Gasteiger partial charge in [-0.3, -0.25) is 4.98 Å². The van der Waals surface area contributed by atoms with Crippen molar-refractivity contribution in [2.24, 2.45) is 0 Å². The molecule has 17 heavy (non-hydrogen) atoms. The predicted molar refractivity (Wildman–Crippen MR) is 66.7 cm³/mol. The first-order valence-corrected chi connectivity index (χ1v) is 5.49. The van der Waals surface area contributed by atoms with Crippen LogP contribution in [0.4, 0.5) is 0 Å². The number of carboxylic acids is 1. The van der Waals surface area contributed by atoms with Crippen molar-refractivity contribution in [3.8, 4) is 11.3 Å². The number of rotatable bonds is 2. The third-order valence-electron chi connectivity index (χ3n) is 2.23. The lowest BCUT2D eigenvalue weighted by molar-refractivity contribution is 0.0697. The minimum atomic E-state index is -1.07. The summed E-state index contributed by atoms with van der Waals surface area (Å²) >= 11 is 11.8. The number of benzene rings is 1. The Morgan fingerprint density at radius 2 is 2.00 bits per heavy atom. The molecule has 2 rings (SSSR count). The van der Waals surface area contributed by atoms with Gasteiger partial charge in [0.25, 0.3) is 0 Å². The summed E-state index contributed by atoms with van der Waals surface area (Å²) in [5.41, 5.74) is 0.967. The van der Waals surface area contributed by atoms with Crippen molar-refractivity contribution in [1.82, 2.24) is 4.98 Å². The molecule has 1 N–H and O–H groups in total. The molecule has 0 unspecified atom stereocenters. The number of nitrogens with zero attached hydrogens (tertiary/aromatic N) is 1. The summed E-state index contributed by atoms with van der Waals surface area (Å²) in [5.74, 6) is -1.07. The smallest absolute Gasteiger partial charge is 0.336 e. The van der Waals surface area contributed by atoms with E-state index in [4.69, 9.17) is 28.3 Å². The van der Waals surface area contributed by atoms with Crippen molar-refractivity contribution in [2.75, 3.05) is 0 Å².